The summed E-state index contributed by atoms with van der Waals surface area (Å²) in [5.41, 5.74) is 7.79. The van der Waals surface area contributed by atoms with E-state index in [1.807, 2.05) is 0 Å². The molecule has 0 spiro atoms. The van der Waals surface area contributed by atoms with Gasteiger partial charge in [-0.15, -0.1) is 0 Å². The quantitative estimate of drug-likeness (QED) is 0.573. The molecule has 4 rings (SSSR count). The zero-order chi connectivity index (χ0) is 18.5. The van der Waals surface area contributed by atoms with Crippen LogP contribution in [-0.2, 0) is 19.5 Å². The molecule has 0 N–H and O–H groups in total. The minimum absolute atomic E-state index is 1.08. The molecule has 134 valence electrons. The van der Waals surface area contributed by atoms with Gasteiger partial charge >= 0.3 is 0 Å². The van der Waals surface area contributed by atoms with Gasteiger partial charge in [0, 0.05) is 24.2 Å². The van der Waals surface area contributed by atoms with E-state index in [4.69, 9.17) is 0 Å². The Balaban J connectivity index is 1.32. The molecule has 0 aliphatic carbocycles. The summed E-state index contributed by atoms with van der Waals surface area (Å²) in [5, 5.41) is 0. The summed E-state index contributed by atoms with van der Waals surface area (Å²) >= 11 is 0. The Bertz CT molecular complexity index is 965. The lowest BCUT2D eigenvalue weighted by Crippen LogP contribution is -2.18. The minimum atomic E-state index is 1.08. The van der Waals surface area contributed by atoms with Crippen LogP contribution < -0.4 is 0 Å². The highest BCUT2D eigenvalue weighted by Crippen LogP contribution is 2.22. The topological polar surface area (TPSA) is 3.24 Å². The summed E-state index contributed by atoms with van der Waals surface area (Å²) in [5.74, 6) is 6.59. The van der Waals surface area contributed by atoms with Gasteiger partial charge in [-0.2, -0.15) is 0 Å². The smallest absolute Gasteiger partial charge is 0.0251 e. The van der Waals surface area contributed by atoms with Crippen LogP contribution in [0, 0.1) is 18.8 Å². The second kappa shape index (κ2) is 8.25. The molecule has 1 nitrogen and oxygen atoms in total. The molecule has 1 aliphatic heterocycles. The van der Waals surface area contributed by atoms with Crippen LogP contribution in [0.2, 0.25) is 0 Å². The molecular weight excluding hydrogens is 326 g/mol. The SMILES string of the molecule is Cc1cccc(C#Cc2cccc(CCCN3Cc4ccccc4C3)c2)c1. The highest BCUT2D eigenvalue weighted by molar-refractivity contribution is 5.44. The van der Waals surface area contributed by atoms with E-state index in [1.165, 1.54) is 28.7 Å². The van der Waals surface area contributed by atoms with E-state index in [2.05, 4.69) is 96.5 Å². The van der Waals surface area contributed by atoms with Crippen LogP contribution in [0.5, 0.6) is 0 Å². The second-order valence-electron chi connectivity index (χ2n) is 7.40. The van der Waals surface area contributed by atoms with Crippen LogP contribution in [0.1, 0.15) is 39.8 Å². The van der Waals surface area contributed by atoms with Crippen LogP contribution >= 0.6 is 0 Å². The molecular formula is C26H25N. The summed E-state index contributed by atoms with van der Waals surface area (Å²) in [6.07, 6.45) is 2.29. The second-order valence-corrected chi connectivity index (χ2v) is 7.40. The Kier molecular flexibility index (Phi) is 5.37. The molecule has 0 unspecified atom stereocenters. The average Bonchev–Trinajstić information content (AvgIpc) is 3.10. The van der Waals surface area contributed by atoms with E-state index in [0.717, 1.165) is 37.2 Å². The monoisotopic (exact) mass is 351 g/mol. The lowest BCUT2D eigenvalue weighted by molar-refractivity contribution is 0.280. The molecule has 0 radical (unpaired) electrons. The van der Waals surface area contributed by atoms with Crippen molar-refractivity contribution in [2.24, 2.45) is 0 Å². The molecule has 3 aromatic carbocycles. The predicted molar refractivity (Wildman–Crippen MR) is 112 cm³/mol. The third kappa shape index (κ3) is 4.67. The lowest BCUT2D eigenvalue weighted by atomic mass is 10.1. The Morgan fingerprint density at radius 2 is 1.44 bits per heavy atom. The Labute approximate surface area is 162 Å². The number of benzene rings is 3. The van der Waals surface area contributed by atoms with Gasteiger partial charge in [0.05, 0.1) is 0 Å². The largest absolute Gasteiger partial charge is 0.295 e. The Hall–Kier alpha value is -2.82. The molecule has 0 amide bonds. The van der Waals surface area contributed by atoms with Gasteiger partial charge < -0.3 is 0 Å². The third-order valence-corrected chi connectivity index (χ3v) is 5.14. The number of nitrogens with zero attached hydrogens (tertiary/aromatic N) is 1. The molecule has 3 aromatic rings. The van der Waals surface area contributed by atoms with E-state index in [-0.39, 0.29) is 0 Å². The lowest BCUT2D eigenvalue weighted by Gasteiger charge is -2.14. The molecule has 0 fully saturated rings. The summed E-state index contributed by atoms with van der Waals surface area (Å²) in [7, 11) is 0. The fourth-order valence-corrected chi connectivity index (χ4v) is 3.74. The Morgan fingerprint density at radius 3 is 2.15 bits per heavy atom. The van der Waals surface area contributed by atoms with Crippen molar-refractivity contribution in [3.05, 3.63) is 106 Å². The number of hydrogen-bond donors (Lipinski definition) is 0. The van der Waals surface area contributed by atoms with Crippen molar-refractivity contribution in [1.29, 1.82) is 0 Å². The zero-order valence-corrected chi connectivity index (χ0v) is 15.9. The molecule has 1 heteroatoms. The normalized spacial score (nSPS) is 13.1. The fourth-order valence-electron chi connectivity index (χ4n) is 3.74. The maximum Gasteiger partial charge on any atom is 0.0251 e. The minimum Gasteiger partial charge on any atom is -0.295 e. The van der Waals surface area contributed by atoms with Crippen LogP contribution in [0.3, 0.4) is 0 Å². The van der Waals surface area contributed by atoms with Gasteiger partial charge in [-0.05, 0) is 72.8 Å². The predicted octanol–water partition coefficient (Wildman–Crippen LogP) is 5.34. The van der Waals surface area contributed by atoms with Gasteiger partial charge in [0.15, 0.2) is 0 Å². The molecule has 0 saturated carbocycles. The number of hydrogen-bond acceptors (Lipinski definition) is 1. The van der Waals surface area contributed by atoms with Crippen LogP contribution in [-0.4, -0.2) is 11.4 Å². The molecule has 0 saturated heterocycles. The summed E-state index contributed by atoms with van der Waals surface area (Å²) in [6.45, 7) is 5.44. The van der Waals surface area contributed by atoms with Crippen LogP contribution in [0.4, 0.5) is 0 Å². The van der Waals surface area contributed by atoms with Crippen molar-refractivity contribution < 1.29 is 0 Å². The van der Waals surface area contributed by atoms with Crippen molar-refractivity contribution >= 4 is 0 Å². The summed E-state index contributed by atoms with van der Waals surface area (Å²) < 4.78 is 0. The zero-order valence-electron chi connectivity index (χ0n) is 15.9. The maximum absolute atomic E-state index is 3.31. The molecule has 1 aliphatic rings. The summed E-state index contributed by atoms with van der Waals surface area (Å²) in [6, 6.07) is 25.8. The van der Waals surface area contributed by atoms with E-state index in [0.29, 0.717) is 0 Å². The first-order chi connectivity index (χ1) is 13.3. The molecule has 1 heterocycles. The van der Waals surface area contributed by atoms with Gasteiger partial charge in [0.1, 0.15) is 0 Å². The van der Waals surface area contributed by atoms with Crippen molar-refractivity contribution in [1.82, 2.24) is 4.90 Å². The van der Waals surface area contributed by atoms with Gasteiger partial charge in [0.2, 0.25) is 0 Å². The van der Waals surface area contributed by atoms with E-state index >= 15 is 0 Å². The highest BCUT2D eigenvalue weighted by Gasteiger charge is 2.17. The first-order valence-corrected chi connectivity index (χ1v) is 9.73. The van der Waals surface area contributed by atoms with E-state index in [1.54, 1.807) is 0 Å². The van der Waals surface area contributed by atoms with Crippen molar-refractivity contribution in [3.63, 3.8) is 0 Å². The van der Waals surface area contributed by atoms with Crippen LogP contribution in [0.25, 0.3) is 0 Å². The first-order valence-electron chi connectivity index (χ1n) is 9.73. The molecule has 0 atom stereocenters. The number of fused-ring (bicyclic) bond motifs is 1. The first kappa shape index (κ1) is 17.6. The fraction of sp³-hybridized carbons (Fsp3) is 0.231. The Morgan fingerprint density at radius 1 is 0.778 bits per heavy atom. The van der Waals surface area contributed by atoms with Crippen molar-refractivity contribution in [2.75, 3.05) is 6.54 Å². The van der Waals surface area contributed by atoms with Crippen molar-refractivity contribution in [3.8, 4) is 11.8 Å². The molecule has 0 aromatic heterocycles. The molecule has 0 bridgehead atoms. The standard InChI is InChI=1S/C26H25N/c1-21-7-4-8-23(17-21)14-15-24-10-5-9-22(18-24)11-6-16-27-19-25-12-2-3-13-26(25)20-27/h2-5,7-10,12-13,17-18H,6,11,16,19-20H2,1H3. The van der Waals surface area contributed by atoms with E-state index < -0.39 is 0 Å². The maximum atomic E-state index is 3.31. The third-order valence-electron chi connectivity index (χ3n) is 5.14. The van der Waals surface area contributed by atoms with Gasteiger partial charge in [-0.1, -0.05) is 60.4 Å². The highest BCUT2D eigenvalue weighted by atomic mass is 15.1. The molecule has 27 heavy (non-hydrogen) atoms. The average molecular weight is 351 g/mol. The van der Waals surface area contributed by atoms with Crippen molar-refractivity contribution in [2.45, 2.75) is 32.9 Å². The van der Waals surface area contributed by atoms with Crippen LogP contribution in [0.15, 0.2) is 72.8 Å². The van der Waals surface area contributed by atoms with E-state index in [9.17, 15) is 0 Å². The number of rotatable bonds is 4. The van der Waals surface area contributed by atoms with Gasteiger partial charge in [-0.3, -0.25) is 4.90 Å². The number of aryl methyl sites for hydroxylation is 2. The van der Waals surface area contributed by atoms with Gasteiger partial charge in [0.25, 0.3) is 0 Å². The summed E-state index contributed by atoms with van der Waals surface area (Å²) in [4.78, 5) is 2.55. The van der Waals surface area contributed by atoms with Gasteiger partial charge in [-0.25, -0.2) is 0 Å².